The summed E-state index contributed by atoms with van der Waals surface area (Å²) in [7, 11) is -1.65. The summed E-state index contributed by atoms with van der Waals surface area (Å²) in [5.74, 6) is 0.0793. The summed E-state index contributed by atoms with van der Waals surface area (Å²) in [6.07, 6.45) is -4.55. The van der Waals surface area contributed by atoms with E-state index in [4.69, 9.17) is 20.9 Å². The Hall–Kier alpha value is -1.74. The Balaban J connectivity index is 2.30. The molecule has 152 valence electrons. The van der Waals surface area contributed by atoms with Crippen molar-refractivity contribution in [3.05, 3.63) is 57.1 Å². The summed E-state index contributed by atoms with van der Waals surface area (Å²) in [5, 5.41) is 10.9. The molecular weight excluding hydrogens is 442 g/mol. The van der Waals surface area contributed by atoms with Crippen LogP contribution in [0.4, 0.5) is 18.9 Å². The van der Waals surface area contributed by atoms with E-state index in [-0.39, 0.29) is 32.6 Å². The van der Waals surface area contributed by atoms with Crippen LogP contribution in [0.15, 0.2) is 41.3 Å². The third-order valence-corrected chi connectivity index (χ3v) is 7.55. The van der Waals surface area contributed by atoms with Crippen LogP contribution in [0.5, 0.6) is 11.5 Å². The van der Waals surface area contributed by atoms with Crippen LogP contribution in [0.2, 0.25) is 5.02 Å². The first-order chi connectivity index (χ1) is 12.9. The van der Waals surface area contributed by atoms with Gasteiger partial charge in [-0.3, -0.25) is 14.7 Å². The summed E-state index contributed by atoms with van der Waals surface area (Å²) < 4.78 is 60.5. The number of ether oxygens (including phenoxy) is 1. The minimum Gasteiger partial charge on any atom is -0.456 e. The molecule has 12 heteroatoms. The minimum atomic E-state index is -4.55. The summed E-state index contributed by atoms with van der Waals surface area (Å²) in [6, 6.07) is 6.40. The molecule has 0 radical (unpaired) electrons. The lowest BCUT2D eigenvalue weighted by molar-refractivity contribution is -0.387. The molecule has 1 atom stereocenters. The smallest absolute Gasteiger partial charge is 0.416 e. The van der Waals surface area contributed by atoms with Gasteiger partial charge in [0, 0.05) is 25.9 Å². The van der Waals surface area contributed by atoms with Gasteiger partial charge in [-0.15, -0.1) is 11.8 Å². The molecule has 0 aliphatic heterocycles. The molecule has 0 saturated heterocycles. The summed E-state index contributed by atoms with van der Waals surface area (Å²) in [5.41, 5.74) is -1.16. The molecular formula is C16H14ClF3NO5PS. The normalized spacial score (nSPS) is 13.8. The van der Waals surface area contributed by atoms with E-state index in [1.165, 1.54) is 32.0 Å². The molecule has 0 fully saturated rings. The predicted octanol–water partition coefficient (Wildman–Crippen LogP) is 6.66. The van der Waals surface area contributed by atoms with Gasteiger partial charge >= 0.3 is 6.18 Å². The van der Waals surface area contributed by atoms with Crippen molar-refractivity contribution in [2.24, 2.45) is 0 Å². The van der Waals surface area contributed by atoms with Crippen LogP contribution in [0.25, 0.3) is 0 Å². The zero-order chi connectivity index (χ0) is 21.1. The summed E-state index contributed by atoms with van der Waals surface area (Å²) in [6.45, 7) is 1.40. The molecule has 0 aromatic heterocycles. The fourth-order valence-electron chi connectivity index (χ4n) is 1.95. The van der Waals surface area contributed by atoms with E-state index < -0.39 is 24.0 Å². The fraction of sp³-hybridized carbons (Fsp3) is 0.250. The molecule has 0 N–H and O–H groups in total. The van der Waals surface area contributed by atoms with Crippen molar-refractivity contribution in [2.75, 3.05) is 19.3 Å². The maximum atomic E-state index is 12.7. The second kappa shape index (κ2) is 8.73. The monoisotopic (exact) mass is 455 g/mol. The Labute approximate surface area is 167 Å². The Kier molecular flexibility index (Phi) is 7.03. The van der Waals surface area contributed by atoms with E-state index in [9.17, 15) is 27.9 Å². The molecule has 0 aliphatic carbocycles. The van der Waals surface area contributed by atoms with Crippen LogP contribution in [0.3, 0.4) is 0 Å². The van der Waals surface area contributed by atoms with E-state index in [0.717, 1.165) is 30.0 Å². The van der Waals surface area contributed by atoms with Gasteiger partial charge in [0.1, 0.15) is 11.5 Å². The van der Waals surface area contributed by atoms with Crippen molar-refractivity contribution in [3.63, 3.8) is 0 Å². The number of nitro benzene ring substituents is 1. The highest BCUT2D eigenvalue weighted by molar-refractivity contribution is 8.05. The molecule has 1 unspecified atom stereocenters. The Morgan fingerprint density at radius 3 is 2.46 bits per heavy atom. The number of thioether (sulfide) groups is 1. The van der Waals surface area contributed by atoms with Crippen molar-refractivity contribution in [1.82, 2.24) is 0 Å². The second-order valence-corrected chi connectivity index (χ2v) is 10.2. The van der Waals surface area contributed by atoms with Crippen molar-refractivity contribution in [3.8, 4) is 11.5 Å². The highest BCUT2D eigenvalue weighted by Crippen LogP contribution is 2.48. The summed E-state index contributed by atoms with van der Waals surface area (Å²) >= 11 is 6.80. The van der Waals surface area contributed by atoms with Crippen LogP contribution in [0, 0.1) is 10.1 Å². The molecule has 2 aromatic carbocycles. The van der Waals surface area contributed by atoms with Gasteiger partial charge in [-0.2, -0.15) is 13.2 Å². The zero-order valence-corrected chi connectivity index (χ0v) is 17.0. The minimum absolute atomic E-state index is 0.00513. The van der Waals surface area contributed by atoms with Crippen molar-refractivity contribution < 1.29 is 31.9 Å². The SMILES string of the molecule is COP(C)(=O)CSc1cc(Oc2ccc(C(F)(F)F)cc2Cl)ccc1[N+](=O)[O-]. The van der Waals surface area contributed by atoms with E-state index in [1.807, 2.05) is 0 Å². The molecule has 0 heterocycles. The van der Waals surface area contributed by atoms with Crippen LogP contribution >= 0.6 is 30.7 Å². The van der Waals surface area contributed by atoms with Crippen molar-refractivity contribution >= 4 is 36.4 Å². The maximum absolute atomic E-state index is 12.7. The van der Waals surface area contributed by atoms with Gasteiger partial charge in [0.25, 0.3) is 5.69 Å². The van der Waals surface area contributed by atoms with Crippen LogP contribution in [0.1, 0.15) is 5.56 Å². The maximum Gasteiger partial charge on any atom is 0.416 e. The molecule has 0 bridgehead atoms. The molecule has 6 nitrogen and oxygen atoms in total. The Morgan fingerprint density at radius 2 is 1.93 bits per heavy atom. The first-order valence-corrected chi connectivity index (χ1v) is 11.1. The number of benzene rings is 2. The number of hydrogen-bond donors (Lipinski definition) is 0. The summed E-state index contributed by atoms with van der Waals surface area (Å²) in [4.78, 5) is 10.8. The van der Waals surface area contributed by atoms with Crippen molar-refractivity contribution in [1.29, 1.82) is 0 Å². The van der Waals surface area contributed by atoms with E-state index in [0.29, 0.717) is 0 Å². The van der Waals surface area contributed by atoms with Gasteiger partial charge in [0.15, 0.2) is 0 Å². The van der Waals surface area contributed by atoms with Crippen molar-refractivity contribution in [2.45, 2.75) is 11.1 Å². The lowest BCUT2D eigenvalue weighted by atomic mass is 10.2. The number of nitro groups is 1. The van der Waals surface area contributed by atoms with Crippen LogP contribution < -0.4 is 4.74 Å². The molecule has 0 aliphatic rings. The first-order valence-electron chi connectivity index (χ1n) is 7.51. The number of hydrogen-bond acceptors (Lipinski definition) is 6. The lowest BCUT2D eigenvalue weighted by Gasteiger charge is -2.13. The topological polar surface area (TPSA) is 78.7 Å². The fourth-order valence-corrected chi connectivity index (χ4v) is 4.58. The van der Waals surface area contributed by atoms with Gasteiger partial charge in [-0.25, -0.2) is 0 Å². The molecule has 2 aromatic rings. The predicted molar refractivity (Wildman–Crippen MR) is 101 cm³/mol. The average molecular weight is 456 g/mol. The van der Waals surface area contributed by atoms with E-state index >= 15 is 0 Å². The highest BCUT2D eigenvalue weighted by atomic mass is 35.5. The molecule has 28 heavy (non-hydrogen) atoms. The quantitative estimate of drug-likeness (QED) is 0.201. The first kappa shape index (κ1) is 22.5. The van der Waals surface area contributed by atoms with Gasteiger partial charge < -0.3 is 9.26 Å². The number of halogens is 4. The molecule has 0 saturated carbocycles. The van der Waals surface area contributed by atoms with Crippen LogP contribution in [-0.4, -0.2) is 24.2 Å². The van der Waals surface area contributed by atoms with Gasteiger partial charge in [-0.1, -0.05) is 11.6 Å². The highest BCUT2D eigenvalue weighted by Gasteiger charge is 2.31. The molecule has 0 spiro atoms. The van der Waals surface area contributed by atoms with E-state index in [1.54, 1.807) is 0 Å². The molecule has 2 rings (SSSR count). The van der Waals surface area contributed by atoms with Gasteiger partial charge in [-0.05, 0) is 24.3 Å². The second-order valence-electron chi connectivity index (χ2n) is 5.60. The Bertz CT molecular complexity index is 941. The zero-order valence-electron chi connectivity index (χ0n) is 14.5. The number of rotatable bonds is 7. The molecule has 0 amide bonds. The lowest BCUT2D eigenvalue weighted by Crippen LogP contribution is -2.04. The number of nitrogens with zero attached hydrogens (tertiary/aromatic N) is 1. The third-order valence-electron chi connectivity index (χ3n) is 3.46. The average Bonchev–Trinajstić information content (AvgIpc) is 2.61. The van der Waals surface area contributed by atoms with Gasteiger partial charge in [0.05, 0.1) is 25.9 Å². The standard InChI is InChI=1S/C16H14ClF3NO5PS/c1-25-27(2,24)9-28-15-8-11(4-5-13(15)21(22)23)26-14-6-3-10(7-12(14)17)16(18,19)20/h3-8H,9H2,1-2H3. The Morgan fingerprint density at radius 1 is 1.25 bits per heavy atom. The van der Waals surface area contributed by atoms with Crippen LogP contribution in [-0.2, 0) is 15.3 Å². The largest absolute Gasteiger partial charge is 0.456 e. The number of alkyl halides is 3. The third kappa shape index (κ3) is 5.88. The van der Waals surface area contributed by atoms with Gasteiger partial charge in [0.2, 0.25) is 7.37 Å². The van der Waals surface area contributed by atoms with E-state index in [2.05, 4.69) is 0 Å².